The highest BCUT2D eigenvalue weighted by atomic mass is 16.6. The molecular weight excluding hydrogens is 1100 g/mol. The molecule has 0 saturated carbocycles. The van der Waals surface area contributed by atoms with Crippen molar-refractivity contribution in [1.82, 2.24) is 39.8 Å². The summed E-state index contributed by atoms with van der Waals surface area (Å²) in [4.78, 5) is 31.5. The van der Waals surface area contributed by atoms with Crippen molar-refractivity contribution in [2.24, 2.45) is 0 Å². The minimum atomic E-state index is -0.221. The first-order chi connectivity index (χ1) is 42.3. The predicted octanol–water partition coefficient (Wildman–Crippen LogP) is 9.36. The molecule has 10 aromatic rings. The normalized spacial score (nSPS) is 11.5. The Kier molecular flexibility index (Phi) is 21.8. The van der Waals surface area contributed by atoms with Crippen LogP contribution in [-0.2, 0) is 58.3 Å². The van der Waals surface area contributed by atoms with Crippen molar-refractivity contribution in [2.75, 3.05) is 93.3 Å². The van der Waals surface area contributed by atoms with Crippen molar-refractivity contribution in [3.63, 3.8) is 0 Å². The summed E-state index contributed by atoms with van der Waals surface area (Å²) in [5.74, 6) is 2.38. The molecule has 0 spiro atoms. The number of likely N-dealkylation sites (N-methyl/N-ethyl adjacent to an activating group) is 2. The molecule has 0 aliphatic heterocycles. The van der Waals surface area contributed by atoms with Crippen LogP contribution in [0.15, 0.2) is 189 Å². The van der Waals surface area contributed by atoms with E-state index in [1.54, 1.807) is 33.6 Å². The van der Waals surface area contributed by atoms with Crippen molar-refractivity contribution in [3.8, 4) is 45.6 Å². The van der Waals surface area contributed by atoms with Crippen LogP contribution in [0.5, 0.6) is 23.0 Å². The maximum atomic E-state index is 13.5. The summed E-state index contributed by atoms with van der Waals surface area (Å²) in [5, 5.41) is 18.2. The largest absolute Gasteiger partial charge is 0.491 e. The van der Waals surface area contributed by atoms with E-state index in [4.69, 9.17) is 46.7 Å². The summed E-state index contributed by atoms with van der Waals surface area (Å²) in [6.45, 7) is 8.78. The van der Waals surface area contributed by atoms with E-state index in [1.807, 2.05) is 146 Å². The molecule has 4 heterocycles. The van der Waals surface area contributed by atoms with Crippen LogP contribution in [0.25, 0.3) is 44.6 Å². The number of benzene rings is 6. The fraction of sp³-hybridized carbons (Fsp3) is 0.303. The Morgan fingerprint density at radius 2 is 0.791 bits per heavy atom. The first kappa shape index (κ1) is 60.1. The van der Waals surface area contributed by atoms with E-state index in [-0.39, 0.29) is 35.6 Å². The molecule has 0 aliphatic rings. The lowest BCUT2D eigenvalue weighted by atomic mass is 10.1. The number of ether oxygens (including phenoxy) is 8. The summed E-state index contributed by atoms with van der Waals surface area (Å²) in [5.41, 5.74) is 5.58. The van der Waals surface area contributed by atoms with E-state index in [0.717, 1.165) is 35.6 Å². The molecule has 20 heteroatoms. The second kappa shape index (κ2) is 31.2. The van der Waals surface area contributed by atoms with E-state index < -0.39 is 0 Å². The Morgan fingerprint density at radius 1 is 0.419 bits per heavy atom. The van der Waals surface area contributed by atoms with Crippen molar-refractivity contribution < 1.29 is 46.7 Å². The van der Waals surface area contributed by atoms with Gasteiger partial charge in [0.2, 0.25) is 22.4 Å². The highest BCUT2D eigenvalue weighted by molar-refractivity contribution is 5.83. The van der Waals surface area contributed by atoms with Crippen LogP contribution in [0, 0.1) is 0 Å². The average molecular weight is 1170 g/mol. The lowest BCUT2D eigenvalue weighted by Crippen LogP contribution is -2.30. The number of rotatable bonds is 35. The van der Waals surface area contributed by atoms with Crippen molar-refractivity contribution in [2.45, 2.75) is 39.4 Å². The Labute approximate surface area is 497 Å². The summed E-state index contributed by atoms with van der Waals surface area (Å²) < 4.78 is 63.1. The molecule has 0 saturated heterocycles. The number of fused-ring (bicyclic) bond motifs is 2. The fourth-order valence-corrected chi connectivity index (χ4v) is 9.25. The Morgan fingerprint density at radius 3 is 1.21 bits per heavy atom. The Balaban J connectivity index is 0.539. The van der Waals surface area contributed by atoms with Crippen molar-refractivity contribution in [1.29, 1.82) is 0 Å². The van der Waals surface area contributed by atoms with Gasteiger partial charge in [0.1, 0.15) is 49.1 Å². The van der Waals surface area contributed by atoms with Crippen molar-refractivity contribution >= 4 is 21.9 Å². The molecule has 0 unspecified atom stereocenters. The average Bonchev–Trinajstić information content (AvgIpc) is 2.31. The molecule has 0 atom stereocenters. The van der Waals surface area contributed by atoms with Gasteiger partial charge in [-0.1, -0.05) is 95.4 Å². The molecule has 446 valence electrons. The SMILES string of the molecule is CN(CCN(C)Cc1cn(CCOCCOCCOc2ccc(-c3oc4ccccc4c(=O)c3OCc3ccccc3)cc2)nn1)Cc1cn(CCOCCOCCOc2ccc(-c3oc4ccccc4c(=O)c3OCc3ccccc3)cc2)nn1. The number of hydrogen-bond donors (Lipinski definition) is 0. The maximum Gasteiger partial charge on any atom is 0.235 e. The number of aromatic nitrogens is 6. The maximum absolute atomic E-state index is 13.5. The molecule has 0 amide bonds. The molecule has 86 heavy (non-hydrogen) atoms. The number of hydrogen-bond acceptors (Lipinski definition) is 18. The predicted molar refractivity (Wildman–Crippen MR) is 324 cm³/mol. The molecule has 0 fully saturated rings. The summed E-state index contributed by atoms with van der Waals surface area (Å²) >= 11 is 0. The molecule has 0 bridgehead atoms. The topological polar surface area (TPSA) is 202 Å². The van der Waals surface area contributed by atoms with Gasteiger partial charge in [0.25, 0.3) is 0 Å². The van der Waals surface area contributed by atoms with Gasteiger partial charge in [-0.05, 0) is 98.0 Å². The van der Waals surface area contributed by atoms with Crippen LogP contribution in [0.1, 0.15) is 22.5 Å². The zero-order chi connectivity index (χ0) is 59.1. The molecule has 4 aromatic heterocycles. The lowest BCUT2D eigenvalue weighted by Gasteiger charge is -2.20. The van der Waals surface area contributed by atoms with Crippen LogP contribution in [-0.4, -0.2) is 133 Å². The first-order valence-corrected chi connectivity index (χ1v) is 28.7. The zero-order valence-corrected chi connectivity index (χ0v) is 48.4. The highest BCUT2D eigenvalue weighted by Gasteiger charge is 2.20. The van der Waals surface area contributed by atoms with E-state index in [2.05, 4.69) is 44.5 Å². The van der Waals surface area contributed by atoms with E-state index >= 15 is 0 Å². The fourth-order valence-electron chi connectivity index (χ4n) is 9.25. The number of para-hydroxylation sites is 2. The molecule has 0 aliphatic carbocycles. The van der Waals surface area contributed by atoms with Crippen molar-refractivity contribution in [3.05, 3.63) is 213 Å². The van der Waals surface area contributed by atoms with Crippen LogP contribution in [0.2, 0.25) is 0 Å². The molecule has 20 nitrogen and oxygen atoms in total. The minimum Gasteiger partial charge on any atom is -0.491 e. The number of nitrogens with zero attached hydrogens (tertiary/aromatic N) is 8. The molecule has 10 rings (SSSR count). The first-order valence-electron chi connectivity index (χ1n) is 28.7. The van der Waals surface area contributed by atoms with Gasteiger partial charge in [-0.3, -0.25) is 19.4 Å². The van der Waals surface area contributed by atoms with Crippen LogP contribution >= 0.6 is 0 Å². The van der Waals surface area contributed by atoms with Gasteiger partial charge < -0.3 is 46.7 Å². The smallest absolute Gasteiger partial charge is 0.235 e. The second-order valence-corrected chi connectivity index (χ2v) is 20.3. The van der Waals surface area contributed by atoms with Gasteiger partial charge in [0.05, 0.1) is 88.1 Å². The van der Waals surface area contributed by atoms with Gasteiger partial charge in [-0.2, -0.15) is 0 Å². The van der Waals surface area contributed by atoms with Gasteiger partial charge in [-0.15, -0.1) is 10.2 Å². The van der Waals surface area contributed by atoms with Gasteiger partial charge in [-0.25, -0.2) is 9.36 Å². The molecule has 0 radical (unpaired) electrons. The standard InChI is InChI=1S/C66H70N8O12/c1-71(43-53-45-73(69-67-53)31-33-77-35-37-79-39-41-81-55-25-21-51(22-26-55)63-65(83-47-49-13-5-3-6-14-49)61(75)57-17-9-11-19-59(57)85-63)29-30-72(2)44-54-46-74(70-68-54)32-34-78-36-38-80-40-42-82-56-27-23-52(24-28-56)64-66(84-48-50-15-7-4-8-16-50)62(76)58-18-10-12-20-60(58)86-64/h3-28,45-46H,29-44,47-48H2,1-2H3. The van der Waals surface area contributed by atoms with E-state index in [0.29, 0.717) is 148 Å². The third kappa shape index (κ3) is 17.3. The molecule has 6 aromatic carbocycles. The minimum absolute atomic E-state index is 0.167. The van der Waals surface area contributed by atoms with Crippen LogP contribution in [0.4, 0.5) is 0 Å². The van der Waals surface area contributed by atoms with E-state index in [1.165, 1.54) is 0 Å². The quantitative estimate of drug-likeness (QED) is 0.0340. The van der Waals surface area contributed by atoms with Gasteiger partial charge >= 0.3 is 0 Å². The second-order valence-electron chi connectivity index (χ2n) is 20.3. The summed E-state index contributed by atoms with van der Waals surface area (Å²) in [6.07, 6.45) is 3.90. The Hall–Kier alpha value is -9.02. The third-order valence-corrected chi connectivity index (χ3v) is 13.8. The zero-order valence-electron chi connectivity index (χ0n) is 48.4. The molecule has 0 N–H and O–H groups in total. The van der Waals surface area contributed by atoms with Crippen LogP contribution < -0.4 is 29.8 Å². The van der Waals surface area contributed by atoms with E-state index in [9.17, 15) is 9.59 Å². The molecular formula is C66H70N8O12. The lowest BCUT2D eigenvalue weighted by molar-refractivity contribution is 0.0332. The highest BCUT2D eigenvalue weighted by Crippen LogP contribution is 2.34. The summed E-state index contributed by atoms with van der Waals surface area (Å²) in [6, 6.07) is 48.5. The Bertz CT molecular complexity index is 3550. The van der Waals surface area contributed by atoms with Crippen LogP contribution in [0.3, 0.4) is 0 Å². The third-order valence-electron chi connectivity index (χ3n) is 13.8. The monoisotopic (exact) mass is 1170 g/mol. The van der Waals surface area contributed by atoms with Gasteiger partial charge in [0, 0.05) is 49.7 Å². The summed E-state index contributed by atoms with van der Waals surface area (Å²) in [7, 11) is 4.13. The van der Waals surface area contributed by atoms with Gasteiger partial charge in [0.15, 0.2) is 11.5 Å².